The zero-order valence-corrected chi connectivity index (χ0v) is 16.7. The van der Waals surface area contributed by atoms with E-state index in [-0.39, 0.29) is 6.10 Å². The van der Waals surface area contributed by atoms with Gasteiger partial charge in [-0.25, -0.2) is 0 Å². The van der Waals surface area contributed by atoms with E-state index in [1.54, 1.807) is 11.8 Å². The highest BCUT2D eigenvalue weighted by molar-refractivity contribution is 7.98. The number of hydrogen-bond acceptors (Lipinski definition) is 4. The molecule has 4 nitrogen and oxygen atoms in total. The van der Waals surface area contributed by atoms with Crippen molar-refractivity contribution in [3.05, 3.63) is 70.5 Å². The van der Waals surface area contributed by atoms with E-state index in [1.165, 1.54) is 11.1 Å². The van der Waals surface area contributed by atoms with Crippen LogP contribution >= 0.6 is 23.4 Å². The maximum atomic E-state index is 6.06. The summed E-state index contributed by atoms with van der Waals surface area (Å²) in [6.07, 6.45) is -0.175. The van der Waals surface area contributed by atoms with Gasteiger partial charge in [-0.2, -0.15) is 0 Å². The van der Waals surface area contributed by atoms with Crippen LogP contribution in [0.3, 0.4) is 0 Å². The topological polar surface area (TPSA) is 39.9 Å². The van der Waals surface area contributed by atoms with Crippen molar-refractivity contribution in [2.75, 3.05) is 0 Å². The molecule has 6 heteroatoms. The van der Waals surface area contributed by atoms with Crippen molar-refractivity contribution in [3.8, 4) is 5.75 Å². The minimum atomic E-state index is -0.175. The van der Waals surface area contributed by atoms with Gasteiger partial charge in [0.05, 0.1) is 0 Å². The Balaban J connectivity index is 1.71. The zero-order chi connectivity index (χ0) is 18.5. The summed E-state index contributed by atoms with van der Waals surface area (Å²) in [7, 11) is 0. The van der Waals surface area contributed by atoms with E-state index in [4.69, 9.17) is 16.3 Å². The van der Waals surface area contributed by atoms with Crippen molar-refractivity contribution in [1.82, 2.24) is 14.8 Å². The van der Waals surface area contributed by atoms with E-state index in [0.717, 1.165) is 34.1 Å². The van der Waals surface area contributed by atoms with E-state index in [9.17, 15) is 0 Å². The van der Waals surface area contributed by atoms with E-state index in [2.05, 4.69) is 34.7 Å². The summed E-state index contributed by atoms with van der Waals surface area (Å²) in [6, 6.07) is 15.9. The normalized spacial score (nSPS) is 12.2. The van der Waals surface area contributed by atoms with Gasteiger partial charge in [0.25, 0.3) is 0 Å². The predicted octanol–water partition coefficient (Wildman–Crippen LogP) is 5.69. The molecule has 0 aliphatic heterocycles. The molecule has 1 atom stereocenters. The quantitative estimate of drug-likeness (QED) is 0.488. The fourth-order valence-corrected chi connectivity index (χ4v) is 3.82. The monoisotopic (exact) mass is 387 g/mol. The molecule has 1 unspecified atom stereocenters. The Morgan fingerprint density at radius 1 is 1.15 bits per heavy atom. The number of thioether (sulfide) groups is 1. The fourth-order valence-electron chi connectivity index (χ4n) is 2.65. The number of nitrogens with zero attached hydrogens (tertiary/aromatic N) is 3. The first-order chi connectivity index (χ1) is 12.6. The standard InChI is InChI=1S/C20H22ClN3OS/c1-4-24-19(15(3)25-18-10-8-14(2)9-11-18)22-23-20(24)26-13-16-6-5-7-17(21)12-16/h5-12,15H,4,13H2,1-3H3. The Labute approximate surface area is 163 Å². The molecule has 0 N–H and O–H groups in total. The molecule has 0 fully saturated rings. The van der Waals surface area contributed by atoms with Gasteiger partial charge in [0.2, 0.25) is 0 Å². The van der Waals surface area contributed by atoms with Crippen LogP contribution in [0.5, 0.6) is 5.75 Å². The molecule has 3 aromatic rings. The van der Waals surface area contributed by atoms with Gasteiger partial charge in [-0.1, -0.05) is 53.2 Å². The molecular weight excluding hydrogens is 366 g/mol. The second kappa shape index (κ2) is 8.60. The number of aromatic nitrogens is 3. The third-order valence-electron chi connectivity index (χ3n) is 4.02. The summed E-state index contributed by atoms with van der Waals surface area (Å²) in [6.45, 7) is 6.95. The summed E-state index contributed by atoms with van der Waals surface area (Å²) in [4.78, 5) is 0. The van der Waals surface area contributed by atoms with Gasteiger partial charge in [-0.05, 0) is 50.6 Å². The lowest BCUT2D eigenvalue weighted by Gasteiger charge is -2.15. The largest absolute Gasteiger partial charge is 0.483 e. The van der Waals surface area contributed by atoms with Crippen LogP contribution in [-0.2, 0) is 12.3 Å². The average Bonchev–Trinajstić information content (AvgIpc) is 3.05. The Bertz CT molecular complexity index is 864. The predicted molar refractivity (Wildman–Crippen MR) is 107 cm³/mol. The Hall–Kier alpha value is -1.98. The lowest BCUT2D eigenvalue weighted by atomic mass is 10.2. The van der Waals surface area contributed by atoms with Gasteiger partial charge < -0.3 is 9.30 Å². The highest BCUT2D eigenvalue weighted by atomic mass is 35.5. The van der Waals surface area contributed by atoms with Crippen molar-refractivity contribution >= 4 is 23.4 Å². The molecule has 0 radical (unpaired) electrons. The molecular formula is C20H22ClN3OS. The van der Waals surface area contributed by atoms with Gasteiger partial charge in [-0.3, -0.25) is 0 Å². The van der Waals surface area contributed by atoms with E-state index >= 15 is 0 Å². The minimum Gasteiger partial charge on any atom is -0.483 e. The van der Waals surface area contributed by atoms with E-state index < -0.39 is 0 Å². The Morgan fingerprint density at radius 3 is 2.62 bits per heavy atom. The third-order valence-corrected chi connectivity index (χ3v) is 5.29. The first kappa shape index (κ1) is 18.8. The summed E-state index contributed by atoms with van der Waals surface area (Å²) >= 11 is 7.71. The second-order valence-corrected chi connectivity index (χ2v) is 7.46. The molecule has 0 bridgehead atoms. The van der Waals surface area contributed by atoms with Crippen LogP contribution in [0, 0.1) is 6.92 Å². The highest BCUT2D eigenvalue weighted by Crippen LogP contribution is 2.27. The van der Waals surface area contributed by atoms with Gasteiger partial charge in [-0.15, -0.1) is 10.2 Å². The van der Waals surface area contributed by atoms with Crippen LogP contribution in [0.25, 0.3) is 0 Å². The second-order valence-electron chi connectivity index (χ2n) is 6.08. The van der Waals surface area contributed by atoms with E-state index in [0.29, 0.717) is 0 Å². The van der Waals surface area contributed by atoms with Crippen molar-refractivity contribution in [2.45, 2.75) is 44.3 Å². The molecule has 0 saturated heterocycles. The highest BCUT2D eigenvalue weighted by Gasteiger charge is 2.18. The van der Waals surface area contributed by atoms with Gasteiger partial charge in [0.15, 0.2) is 17.1 Å². The molecule has 0 aliphatic carbocycles. The summed E-state index contributed by atoms with van der Waals surface area (Å²) in [5.74, 6) is 2.47. The van der Waals surface area contributed by atoms with Gasteiger partial charge in [0, 0.05) is 17.3 Å². The van der Waals surface area contributed by atoms with Crippen molar-refractivity contribution in [3.63, 3.8) is 0 Å². The van der Waals surface area contributed by atoms with Crippen molar-refractivity contribution in [1.29, 1.82) is 0 Å². The number of hydrogen-bond donors (Lipinski definition) is 0. The summed E-state index contributed by atoms with van der Waals surface area (Å²) < 4.78 is 8.14. The average molecular weight is 388 g/mol. The number of halogens is 1. The first-order valence-corrected chi connectivity index (χ1v) is 9.97. The molecule has 3 rings (SSSR count). The van der Waals surface area contributed by atoms with Gasteiger partial charge in [0.1, 0.15) is 5.75 Å². The molecule has 26 heavy (non-hydrogen) atoms. The van der Waals surface area contributed by atoms with Crippen LogP contribution in [0.4, 0.5) is 0 Å². The van der Waals surface area contributed by atoms with Crippen LogP contribution < -0.4 is 4.74 Å². The number of rotatable bonds is 7. The fraction of sp³-hybridized carbons (Fsp3) is 0.300. The van der Waals surface area contributed by atoms with Crippen LogP contribution in [0.1, 0.15) is 36.9 Å². The molecule has 0 aliphatic rings. The number of ether oxygens (including phenoxy) is 1. The lowest BCUT2D eigenvalue weighted by Crippen LogP contribution is -2.12. The maximum absolute atomic E-state index is 6.06. The van der Waals surface area contributed by atoms with Crippen molar-refractivity contribution < 1.29 is 4.74 Å². The first-order valence-electron chi connectivity index (χ1n) is 8.60. The summed E-state index contributed by atoms with van der Waals surface area (Å²) in [5, 5.41) is 10.4. The Morgan fingerprint density at radius 2 is 1.92 bits per heavy atom. The molecule has 0 saturated carbocycles. The minimum absolute atomic E-state index is 0.175. The van der Waals surface area contributed by atoms with Crippen molar-refractivity contribution in [2.24, 2.45) is 0 Å². The van der Waals surface area contributed by atoms with Gasteiger partial charge >= 0.3 is 0 Å². The third kappa shape index (κ3) is 4.59. The molecule has 136 valence electrons. The number of benzene rings is 2. The van der Waals surface area contributed by atoms with Crippen LogP contribution in [0.2, 0.25) is 5.02 Å². The lowest BCUT2D eigenvalue weighted by molar-refractivity contribution is 0.210. The molecule has 1 heterocycles. The molecule has 1 aromatic heterocycles. The Kier molecular flexibility index (Phi) is 6.22. The zero-order valence-electron chi connectivity index (χ0n) is 15.1. The maximum Gasteiger partial charge on any atom is 0.191 e. The molecule has 0 amide bonds. The van der Waals surface area contributed by atoms with Crippen LogP contribution in [-0.4, -0.2) is 14.8 Å². The SMILES string of the molecule is CCn1c(SCc2cccc(Cl)c2)nnc1C(C)Oc1ccc(C)cc1. The molecule has 2 aromatic carbocycles. The molecule has 0 spiro atoms. The van der Waals surface area contributed by atoms with Crippen LogP contribution in [0.15, 0.2) is 53.7 Å². The van der Waals surface area contributed by atoms with E-state index in [1.807, 2.05) is 49.4 Å². The smallest absolute Gasteiger partial charge is 0.191 e. The number of aryl methyl sites for hydroxylation is 1. The summed E-state index contributed by atoms with van der Waals surface area (Å²) in [5.41, 5.74) is 2.38.